The van der Waals surface area contributed by atoms with E-state index in [2.05, 4.69) is 0 Å². The lowest BCUT2D eigenvalue weighted by atomic mass is 10.1. The minimum absolute atomic E-state index is 0.0914. The molecule has 1 rings (SSSR count). The van der Waals surface area contributed by atoms with Crippen molar-refractivity contribution in [3.8, 4) is 0 Å². The van der Waals surface area contributed by atoms with Crippen LogP contribution in [0.25, 0.3) is 0 Å². The largest absolute Gasteiger partial charge is 0.391 e. The molecule has 0 aromatic carbocycles. The Morgan fingerprint density at radius 2 is 2.33 bits per heavy atom. The van der Waals surface area contributed by atoms with Crippen LogP contribution in [0, 0.1) is 0 Å². The molecule has 0 aliphatic carbocycles. The van der Waals surface area contributed by atoms with Crippen LogP contribution in [0.1, 0.15) is 6.42 Å². The van der Waals surface area contributed by atoms with E-state index >= 15 is 0 Å². The summed E-state index contributed by atoms with van der Waals surface area (Å²) in [5.74, 6) is 0. The molecule has 1 heterocycles. The molecule has 0 bridgehead atoms. The molecule has 0 spiro atoms. The van der Waals surface area contributed by atoms with Crippen molar-refractivity contribution in [3.63, 3.8) is 0 Å². The van der Waals surface area contributed by atoms with Crippen LogP contribution in [0.5, 0.6) is 0 Å². The third kappa shape index (κ3) is 1.93. The topological polar surface area (TPSA) is 38.7 Å². The Hall–Kier alpha value is -0.120. The third-order valence-corrected chi connectivity index (χ3v) is 1.48. The van der Waals surface area contributed by atoms with Crippen LogP contribution in [0.2, 0.25) is 0 Å². The molecule has 0 unspecified atom stereocenters. The minimum atomic E-state index is -0.330. The fourth-order valence-corrected chi connectivity index (χ4v) is 0.939. The molecular weight excluding hydrogens is 120 g/mol. The van der Waals surface area contributed by atoms with Gasteiger partial charge in [-0.3, -0.25) is 0 Å². The number of hydrogen-bond acceptors (Lipinski definition) is 3. The number of ether oxygens (including phenoxy) is 2. The summed E-state index contributed by atoms with van der Waals surface area (Å²) in [5, 5.41) is 9.01. The zero-order valence-corrected chi connectivity index (χ0v) is 5.54. The van der Waals surface area contributed by atoms with Crippen molar-refractivity contribution in [2.45, 2.75) is 18.6 Å². The minimum Gasteiger partial charge on any atom is -0.391 e. The Labute approximate surface area is 54.6 Å². The van der Waals surface area contributed by atoms with Crippen LogP contribution >= 0.6 is 0 Å². The molecule has 1 N–H and O–H groups in total. The molecule has 54 valence electrons. The zero-order chi connectivity index (χ0) is 6.69. The molecule has 0 amide bonds. The van der Waals surface area contributed by atoms with Gasteiger partial charge in [-0.2, -0.15) is 0 Å². The van der Waals surface area contributed by atoms with E-state index < -0.39 is 0 Å². The monoisotopic (exact) mass is 132 g/mol. The first kappa shape index (κ1) is 6.99. The van der Waals surface area contributed by atoms with Crippen LogP contribution in [-0.4, -0.2) is 37.6 Å². The van der Waals surface area contributed by atoms with Crippen molar-refractivity contribution in [1.82, 2.24) is 0 Å². The third-order valence-electron chi connectivity index (χ3n) is 1.48. The molecule has 3 heteroatoms. The molecule has 1 fully saturated rings. The van der Waals surface area contributed by atoms with Crippen molar-refractivity contribution in [2.24, 2.45) is 0 Å². The van der Waals surface area contributed by atoms with E-state index in [0.29, 0.717) is 19.6 Å². The highest BCUT2D eigenvalue weighted by molar-refractivity contribution is 4.68. The summed E-state index contributed by atoms with van der Waals surface area (Å²) in [6.45, 7) is 1.08. The number of methoxy groups -OCH3 is 1. The van der Waals surface area contributed by atoms with Crippen LogP contribution in [0.3, 0.4) is 0 Å². The maximum absolute atomic E-state index is 9.01. The number of rotatable bonds is 1. The summed E-state index contributed by atoms with van der Waals surface area (Å²) >= 11 is 0. The van der Waals surface area contributed by atoms with Gasteiger partial charge in [-0.1, -0.05) is 0 Å². The molecule has 0 radical (unpaired) electrons. The molecule has 0 aromatic heterocycles. The predicted octanol–water partition coefficient (Wildman–Crippen LogP) is -0.217. The molecule has 1 aliphatic heterocycles. The lowest BCUT2D eigenvalue weighted by molar-refractivity contribution is -0.0856. The Bertz CT molecular complexity index is 84.4. The van der Waals surface area contributed by atoms with Gasteiger partial charge >= 0.3 is 0 Å². The highest BCUT2D eigenvalue weighted by atomic mass is 16.5. The zero-order valence-electron chi connectivity index (χ0n) is 5.54. The Kier molecular flexibility index (Phi) is 2.45. The van der Waals surface area contributed by atoms with Gasteiger partial charge in [0.05, 0.1) is 25.4 Å². The maximum atomic E-state index is 9.01. The van der Waals surface area contributed by atoms with Crippen LogP contribution in [0.15, 0.2) is 0 Å². The van der Waals surface area contributed by atoms with Gasteiger partial charge in [-0.05, 0) is 0 Å². The second kappa shape index (κ2) is 3.15. The van der Waals surface area contributed by atoms with E-state index in [1.165, 1.54) is 0 Å². The van der Waals surface area contributed by atoms with Gasteiger partial charge in [0.2, 0.25) is 0 Å². The SMILES string of the molecule is CO[C@H]1COC[C@@H](O)C1. The van der Waals surface area contributed by atoms with E-state index in [1.807, 2.05) is 0 Å². The first-order valence-corrected chi connectivity index (χ1v) is 3.11. The van der Waals surface area contributed by atoms with Gasteiger partial charge < -0.3 is 14.6 Å². The molecular formula is C6H12O3. The Morgan fingerprint density at radius 3 is 2.78 bits per heavy atom. The van der Waals surface area contributed by atoms with Crippen molar-refractivity contribution >= 4 is 0 Å². The Morgan fingerprint density at radius 1 is 1.56 bits per heavy atom. The van der Waals surface area contributed by atoms with Gasteiger partial charge in [0, 0.05) is 13.5 Å². The Balaban J connectivity index is 2.23. The summed E-state index contributed by atoms with van der Waals surface area (Å²) in [4.78, 5) is 0. The molecule has 1 saturated heterocycles. The highest BCUT2D eigenvalue weighted by Gasteiger charge is 2.19. The second-order valence-corrected chi connectivity index (χ2v) is 2.28. The summed E-state index contributed by atoms with van der Waals surface area (Å²) in [6.07, 6.45) is 0.466. The summed E-state index contributed by atoms with van der Waals surface area (Å²) in [7, 11) is 1.63. The lowest BCUT2D eigenvalue weighted by Crippen LogP contribution is -2.33. The fraction of sp³-hybridized carbons (Fsp3) is 1.00. The molecule has 9 heavy (non-hydrogen) atoms. The maximum Gasteiger partial charge on any atom is 0.0830 e. The summed E-state index contributed by atoms with van der Waals surface area (Å²) in [5.41, 5.74) is 0. The first-order valence-electron chi connectivity index (χ1n) is 3.11. The average Bonchev–Trinajstić information content (AvgIpc) is 1.88. The molecule has 3 nitrogen and oxygen atoms in total. The summed E-state index contributed by atoms with van der Waals surface area (Å²) in [6, 6.07) is 0. The van der Waals surface area contributed by atoms with E-state index in [9.17, 15) is 0 Å². The molecule has 1 aliphatic rings. The van der Waals surface area contributed by atoms with Crippen LogP contribution in [0.4, 0.5) is 0 Å². The van der Waals surface area contributed by atoms with Crippen LogP contribution < -0.4 is 0 Å². The fourth-order valence-electron chi connectivity index (χ4n) is 0.939. The van der Waals surface area contributed by atoms with Crippen molar-refractivity contribution in [2.75, 3.05) is 20.3 Å². The second-order valence-electron chi connectivity index (χ2n) is 2.28. The van der Waals surface area contributed by atoms with Gasteiger partial charge in [-0.25, -0.2) is 0 Å². The highest BCUT2D eigenvalue weighted by Crippen LogP contribution is 2.08. The molecule has 0 aromatic rings. The molecule has 0 saturated carbocycles. The number of aliphatic hydroxyl groups is 1. The smallest absolute Gasteiger partial charge is 0.0830 e. The van der Waals surface area contributed by atoms with Crippen LogP contribution in [-0.2, 0) is 9.47 Å². The lowest BCUT2D eigenvalue weighted by Gasteiger charge is -2.24. The number of hydrogen-bond donors (Lipinski definition) is 1. The van der Waals surface area contributed by atoms with E-state index in [1.54, 1.807) is 7.11 Å². The first-order chi connectivity index (χ1) is 4.33. The van der Waals surface area contributed by atoms with Gasteiger partial charge in [0.25, 0.3) is 0 Å². The quantitative estimate of drug-likeness (QED) is 0.536. The van der Waals surface area contributed by atoms with E-state index in [-0.39, 0.29) is 12.2 Å². The number of aliphatic hydroxyl groups excluding tert-OH is 1. The van der Waals surface area contributed by atoms with Crippen molar-refractivity contribution < 1.29 is 14.6 Å². The molecule has 2 atom stereocenters. The normalized spacial score (nSPS) is 36.7. The van der Waals surface area contributed by atoms with Crippen molar-refractivity contribution in [3.05, 3.63) is 0 Å². The van der Waals surface area contributed by atoms with Gasteiger partial charge in [0.15, 0.2) is 0 Å². The average molecular weight is 132 g/mol. The predicted molar refractivity (Wildman–Crippen MR) is 32.2 cm³/mol. The van der Waals surface area contributed by atoms with Crippen molar-refractivity contribution in [1.29, 1.82) is 0 Å². The van der Waals surface area contributed by atoms with Gasteiger partial charge in [0.1, 0.15) is 0 Å². The summed E-state index contributed by atoms with van der Waals surface area (Å²) < 4.78 is 9.99. The van der Waals surface area contributed by atoms with E-state index in [4.69, 9.17) is 14.6 Å². The van der Waals surface area contributed by atoms with E-state index in [0.717, 1.165) is 0 Å². The van der Waals surface area contributed by atoms with Gasteiger partial charge in [-0.15, -0.1) is 0 Å². The standard InChI is InChI=1S/C6H12O3/c1-8-6-2-5(7)3-9-4-6/h5-7H,2-4H2,1H3/t5-,6+/m0/s1.